The highest BCUT2D eigenvalue weighted by Crippen LogP contribution is 2.32. The van der Waals surface area contributed by atoms with Crippen LogP contribution in [0.2, 0.25) is 0 Å². The molecule has 1 aliphatic rings. The summed E-state index contributed by atoms with van der Waals surface area (Å²) in [6, 6.07) is 4.51. The van der Waals surface area contributed by atoms with Crippen LogP contribution in [-0.4, -0.2) is 22.8 Å². The third kappa shape index (κ3) is 3.56. The highest BCUT2D eigenvalue weighted by atomic mass is 19.4. The van der Waals surface area contributed by atoms with Crippen LogP contribution in [0.25, 0.3) is 0 Å². The van der Waals surface area contributed by atoms with Gasteiger partial charge in [0.1, 0.15) is 5.75 Å². The first-order valence-electron chi connectivity index (χ1n) is 8.46. The van der Waals surface area contributed by atoms with Crippen LogP contribution in [-0.2, 0) is 30.3 Å². The number of hydrogen-bond acceptors (Lipinski definition) is 4. The fourth-order valence-corrected chi connectivity index (χ4v) is 3.39. The van der Waals surface area contributed by atoms with Crippen LogP contribution >= 0.6 is 0 Å². The lowest BCUT2D eigenvalue weighted by Gasteiger charge is -2.23. The molecule has 2 aromatic rings. The number of aromatic hydroxyl groups is 1. The van der Waals surface area contributed by atoms with E-state index in [2.05, 4.69) is 4.74 Å². The SMILES string of the molecule is COC(=O)c1c(O)c2c(n(Cc3ccc(C(F)(F)F)cc3)c1=O)CCCC2. The van der Waals surface area contributed by atoms with E-state index in [0.29, 0.717) is 29.7 Å². The van der Waals surface area contributed by atoms with E-state index in [-0.39, 0.29) is 12.3 Å². The summed E-state index contributed by atoms with van der Waals surface area (Å²) >= 11 is 0. The summed E-state index contributed by atoms with van der Waals surface area (Å²) in [5.41, 5.74) is -0.310. The van der Waals surface area contributed by atoms with E-state index in [1.807, 2.05) is 0 Å². The first-order chi connectivity index (χ1) is 12.7. The Labute approximate surface area is 153 Å². The van der Waals surface area contributed by atoms with Crippen molar-refractivity contribution in [3.63, 3.8) is 0 Å². The second-order valence-electron chi connectivity index (χ2n) is 6.43. The number of nitrogens with zero attached hydrogens (tertiary/aromatic N) is 1. The Hall–Kier alpha value is -2.77. The van der Waals surface area contributed by atoms with Crippen molar-refractivity contribution in [3.05, 3.63) is 62.6 Å². The first kappa shape index (κ1) is 19.0. The fourth-order valence-electron chi connectivity index (χ4n) is 3.39. The molecule has 144 valence electrons. The monoisotopic (exact) mass is 381 g/mol. The van der Waals surface area contributed by atoms with Crippen LogP contribution in [0.15, 0.2) is 29.1 Å². The molecule has 0 bridgehead atoms. The molecule has 0 fully saturated rings. The zero-order valence-corrected chi connectivity index (χ0v) is 14.6. The number of pyridine rings is 1. The summed E-state index contributed by atoms with van der Waals surface area (Å²) in [5, 5.41) is 10.4. The van der Waals surface area contributed by atoms with Gasteiger partial charge in [0.25, 0.3) is 5.56 Å². The van der Waals surface area contributed by atoms with E-state index < -0.39 is 28.8 Å². The maximum atomic E-state index is 12.8. The molecular weight excluding hydrogens is 363 g/mol. The zero-order chi connectivity index (χ0) is 19.8. The van der Waals surface area contributed by atoms with Crippen LogP contribution in [0, 0.1) is 0 Å². The Morgan fingerprint density at radius 2 is 1.81 bits per heavy atom. The third-order valence-corrected chi connectivity index (χ3v) is 4.76. The molecule has 5 nitrogen and oxygen atoms in total. The van der Waals surface area contributed by atoms with Gasteiger partial charge in [0.2, 0.25) is 0 Å². The molecular formula is C19H18F3NO4. The smallest absolute Gasteiger partial charge is 0.416 e. The summed E-state index contributed by atoms with van der Waals surface area (Å²) in [5.74, 6) is -1.29. The molecule has 3 rings (SSSR count). The number of aromatic nitrogens is 1. The van der Waals surface area contributed by atoms with Crippen molar-refractivity contribution in [2.45, 2.75) is 38.4 Å². The fraction of sp³-hybridized carbons (Fsp3) is 0.368. The standard InChI is InChI=1S/C19H18F3NO4/c1-27-18(26)15-16(24)13-4-2-3-5-14(13)23(17(15)25)10-11-6-8-12(9-7-11)19(20,21)22/h6-9,24H,2-5,10H2,1H3. The van der Waals surface area contributed by atoms with Gasteiger partial charge in [-0.1, -0.05) is 12.1 Å². The normalized spacial score (nSPS) is 13.9. The number of ether oxygens (including phenoxy) is 1. The van der Waals surface area contributed by atoms with E-state index >= 15 is 0 Å². The van der Waals surface area contributed by atoms with Gasteiger partial charge in [-0.2, -0.15) is 13.2 Å². The van der Waals surface area contributed by atoms with Gasteiger partial charge in [-0.15, -0.1) is 0 Å². The van der Waals surface area contributed by atoms with Crippen LogP contribution in [0.4, 0.5) is 13.2 Å². The number of methoxy groups -OCH3 is 1. The molecule has 0 radical (unpaired) electrons. The van der Waals surface area contributed by atoms with Gasteiger partial charge in [-0.3, -0.25) is 4.79 Å². The van der Waals surface area contributed by atoms with E-state index in [1.165, 1.54) is 16.7 Å². The third-order valence-electron chi connectivity index (χ3n) is 4.76. The number of carbonyl (C=O) groups excluding carboxylic acids is 1. The molecule has 1 heterocycles. The zero-order valence-electron chi connectivity index (χ0n) is 14.6. The molecule has 0 spiro atoms. The molecule has 1 N–H and O–H groups in total. The van der Waals surface area contributed by atoms with Crippen molar-refractivity contribution in [1.29, 1.82) is 0 Å². The molecule has 0 saturated heterocycles. The largest absolute Gasteiger partial charge is 0.506 e. The minimum Gasteiger partial charge on any atom is -0.506 e. The van der Waals surface area contributed by atoms with Crippen molar-refractivity contribution in [3.8, 4) is 5.75 Å². The number of rotatable bonds is 3. The quantitative estimate of drug-likeness (QED) is 0.829. The highest BCUT2D eigenvalue weighted by molar-refractivity contribution is 5.92. The number of alkyl halides is 3. The number of halogens is 3. The topological polar surface area (TPSA) is 68.5 Å². The van der Waals surface area contributed by atoms with Gasteiger partial charge >= 0.3 is 12.1 Å². The van der Waals surface area contributed by atoms with Crippen molar-refractivity contribution in [1.82, 2.24) is 4.57 Å². The maximum Gasteiger partial charge on any atom is 0.416 e. The molecule has 0 amide bonds. The second kappa shape index (κ2) is 7.09. The first-order valence-corrected chi connectivity index (χ1v) is 8.46. The van der Waals surface area contributed by atoms with E-state index in [0.717, 1.165) is 32.1 Å². The number of carbonyl (C=O) groups is 1. The molecule has 1 aromatic heterocycles. The number of esters is 1. The van der Waals surface area contributed by atoms with Gasteiger partial charge in [-0.05, 0) is 43.4 Å². The van der Waals surface area contributed by atoms with Crippen molar-refractivity contribution < 1.29 is 27.8 Å². The predicted molar refractivity (Wildman–Crippen MR) is 90.9 cm³/mol. The Morgan fingerprint density at radius 1 is 1.19 bits per heavy atom. The number of benzene rings is 1. The van der Waals surface area contributed by atoms with Crippen LogP contribution in [0.5, 0.6) is 5.75 Å². The summed E-state index contributed by atoms with van der Waals surface area (Å²) in [7, 11) is 1.11. The molecule has 0 aliphatic heterocycles. The lowest BCUT2D eigenvalue weighted by atomic mass is 9.93. The maximum absolute atomic E-state index is 12.8. The lowest BCUT2D eigenvalue weighted by Crippen LogP contribution is -2.32. The Morgan fingerprint density at radius 3 is 2.41 bits per heavy atom. The van der Waals surface area contributed by atoms with Crippen molar-refractivity contribution in [2.24, 2.45) is 0 Å². The summed E-state index contributed by atoms with van der Waals surface area (Å²) < 4.78 is 44.1. The van der Waals surface area contributed by atoms with Gasteiger partial charge in [-0.25, -0.2) is 4.79 Å². The van der Waals surface area contributed by atoms with Gasteiger partial charge in [0.15, 0.2) is 5.56 Å². The van der Waals surface area contributed by atoms with Crippen LogP contribution in [0.1, 0.15) is 45.6 Å². The Balaban J connectivity index is 2.09. The molecule has 0 saturated carbocycles. The Bertz CT molecular complexity index is 930. The number of fused-ring (bicyclic) bond motifs is 1. The lowest BCUT2D eigenvalue weighted by molar-refractivity contribution is -0.137. The van der Waals surface area contributed by atoms with Crippen LogP contribution < -0.4 is 5.56 Å². The Kier molecular flexibility index (Phi) is 4.99. The number of hydrogen-bond donors (Lipinski definition) is 1. The molecule has 0 atom stereocenters. The molecule has 0 unspecified atom stereocenters. The molecule has 1 aromatic carbocycles. The average Bonchev–Trinajstić information content (AvgIpc) is 2.64. The predicted octanol–water partition coefficient (Wildman–Crippen LogP) is 3.29. The van der Waals surface area contributed by atoms with E-state index in [1.54, 1.807) is 0 Å². The molecule has 27 heavy (non-hydrogen) atoms. The van der Waals surface area contributed by atoms with Gasteiger partial charge in [0, 0.05) is 11.3 Å². The van der Waals surface area contributed by atoms with Crippen LogP contribution in [0.3, 0.4) is 0 Å². The second-order valence-corrected chi connectivity index (χ2v) is 6.43. The minimum atomic E-state index is -4.44. The van der Waals surface area contributed by atoms with Gasteiger partial charge in [0.05, 0.1) is 19.2 Å². The summed E-state index contributed by atoms with van der Waals surface area (Å²) in [4.78, 5) is 24.8. The van der Waals surface area contributed by atoms with E-state index in [4.69, 9.17) is 0 Å². The van der Waals surface area contributed by atoms with Gasteiger partial charge < -0.3 is 14.4 Å². The van der Waals surface area contributed by atoms with Crippen molar-refractivity contribution >= 4 is 5.97 Å². The molecule has 8 heteroatoms. The summed E-state index contributed by atoms with van der Waals surface area (Å²) in [6.07, 6.45) is -1.76. The average molecular weight is 381 g/mol. The highest BCUT2D eigenvalue weighted by Gasteiger charge is 2.30. The summed E-state index contributed by atoms with van der Waals surface area (Å²) in [6.45, 7) is 0.00355. The molecule has 1 aliphatic carbocycles. The minimum absolute atomic E-state index is 0.00355. The van der Waals surface area contributed by atoms with Crippen molar-refractivity contribution in [2.75, 3.05) is 7.11 Å². The van der Waals surface area contributed by atoms with E-state index in [9.17, 15) is 27.9 Å².